The summed E-state index contributed by atoms with van der Waals surface area (Å²) in [4.78, 5) is 6.93. The fourth-order valence-corrected chi connectivity index (χ4v) is 4.36. The van der Waals surface area contributed by atoms with Gasteiger partial charge in [0.05, 0.1) is 23.1 Å². The van der Waals surface area contributed by atoms with Gasteiger partial charge in [-0.05, 0) is 56.6 Å². The van der Waals surface area contributed by atoms with Gasteiger partial charge >= 0.3 is 0 Å². The van der Waals surface area contributed by atoms with Crippen molar-refractivity contribution < 1.29 is 0 Å². The first-order valence-electron chi connectivity index (χ1n) is 10.4. The molecule has 1 aromatic carbocycles. The summed E-state index contributed by atoms with van der Waals surface area (Å²) in [7, 11) is 5.99. The highest BCUT2D eigenvalue weighted by Gasteiger charge is 2.20. The second-order valence-corrected chi connectivity index (χ2v) is 8.21. The van der Waals surface area contributed by atoms with Crippen LogP contribution in [0.2, 0.25) is 0 Å². The Balaban J connectivity index is 1.84. The first-order valence-corrected chi connectivity index (χ1v) is 10.4. The maximum atomic E-state index is 4.85. The molecule has 2 heterocycles. The molecule has 1 fully saturated rings. The Kier molecular flexibility index (Phi) is 5.62. The van der Waals surface area contributed by atoms with E-state index in [4.69, 9.17) is 4.98 Å². The van der Waals surface area contributed by atoms with Crippen LogP contribution in [0.15, 0.2) is 31.0 Å². The average Bonchev–Trinajstić information content (AvgIpc) is 3.20. The molecule has 1 saturated carbocycles. The molecule has 152 valence electrons. The molecule has 0 saturated heterocycles. The molecule has 0 atom stereocenters. The monoisotopic (exact) mass is 390 g/mol. The van der Waals surface area contributed by atoms with Crippen LogP contribution in [0, 0.1) is 0 Å². The Labute approximate surface area is 172 Å². The zero-order valence-corrected chi connectivity index (χ0v) is 17.6. The van der Waals surface area contributed by atoms with Gasteiger partial charge in [-0.25, -0.2) is 9.67 Å². The zero-order chi connectivity index (χ0) is 20.4. The lowest BCUT2D eigenvalue weighted by molar-refractivity contribution is 0.396. The Morgan fingerprint density at radius 3 is 2.69 bits per heavy atom. The summed E-state index contributed by atoms with van der Waals surface area (Å²) in [5.41, 5.74) is 5.34. The molecule has 2 aromatic heterocycles. The number of fused-ring (bicyclic) bond motifs is 1. The van der Waals surface area contributed by atoms with Crippen molar-refractivity contribution in [3.05, 3.63) is 47.8 Å². The minimum Gasteiger partial charge on any atom is -0.373 e. The second-order valence-electron chi connectivity index (χ2n) is 8.21. The molecule has 1 aliphatic carbocycles. The van der Waals surface area contributed by atoms with E-state index in [1.54, 1.807) is 0 Å². The third-order valence-corrected chi connectivity index (χ3v) is 5.78. The number of rotatable bonds is 6. The highest BCUT2D eigenvalue weighted by Crippen LogP contribution is 2.38. The summed E-state index contributed by atoms with van der Waals surface area (Å²) in [6.07, 6.45) is 10.4. The molecule has 4 rings (SSSR count). The molecule has 0 spiro atoms. The highest BCUT2D eigenvalue weighted by atomic mass is 15.4. The predicted molar refractivity (Wildman–Crippen MR) is 120 cm³/mol. The number of pyridine rings is 1. The van der Waals surface area contributed by atoms with Gasteiger partial charge < -0.3 is 10.2 Å². The molecular weight excluding hydrogens is 360 g/mol. The second kappa shape index (κ2) is 8.33. The summed E-state index contributed by atoms with van der Waals surface area (Å²) >= 11 is 0. The van der Waals surface area contributed by atoms with Gasteiger partial charge in [-0.1, -0.05) is 37.1 Å². The highest BCUT2D eigenvalue weighted by molar-refractivity contribution is 5.89. The lowest BCUT2D eigenvalue weighted by atomic mass is 9.82. The lowest BCUT2D eigenvalue weighted by Gasteiger charge is -2.24. The quantitative estimate of drug-likeness (QED) is 0.666. The van der Waals surface area contributed by atoms with Crippen molar-refractivity contribution in [1.29, 1.82) is 0 Å². The van der Waals surface area contributed by atoms with Crippen LogP contribution in [0.4, 0.5) is 5.82 Å². The van der Waals surface area contributed by atoms with Crippen molar-refractivity contribution in [3.8, 4) is 5.69 Å². The molecule has 3 aromatic rings. The summed E-state index contributed by atoms with van der Waals surface area (Å²) in [5.74, 6) is 1.52. The van der Waals surface area contributed by atoms with Gasteiger partial charge in [-0.15, -0.1) is 5.10 Å². The maximum absolute atomic E-state index is 4.85. The van der Waals surface area contributed by atoms with Crippen LogP contribution in [-0.2, 0) is 6.54 Å². The van der Waals surface area contributed by atoms with Crippen molar-refractivity contribution in [2.75, 3.05) is 26.5 Å². The maximum Gasteiger partial charge on any atom is 0.126 e. The van der Waals surface area contributed by atoms with Crippen molar-refractivity contribution in [3.63, 3.8) is 0 Å². The number of nitrogens with zero attached hydrogens (tertiary/aromatic N) is 5. The lowest BCUT2D eigenvalue weighted by Crippen LogP contribution is -2.10. The van der Waals surface area contributed by atoms with E-state index in [0.717, 1.165) is 34.8 Å². The molecule has 1 aliphatic rings. The first-order chi connectivity index (χ1) is 14.1. The molecule has 0 radical (unpaired) electrons. The summed E-state index contributed by atoms with van der Waals surface area (Å²) in [5, 5.41) is 13.1. The van der Waals surface area contributed by atoms with E-state index in [1.807, 2.05) is 38.1 Å². The van der Waals surface area contributed by atoms with E-state index in [9.17, 15) is 0 Å². The van der Waals surface area contributed by atoms with Gasteiger partial charge in [0.25, 0.3) is 0 Å². The number of nitrogens with one attached hydrogen (secondary N) is 1. The van der Waals surface area contributed by atoms with Gasteiger partial charge in [0.15, 0.2) is 0 Å². The van der Waals surface area contributed by atoms with E-state index in [-0.39, 0.29) is 0 Å². The van der Waals surface area contributed by atoms with E-state index in [2.05, 4.69) is 45.3 Å². The number of anilines is 1. The number of hydrogen-bond acceptors (Lipinski definition) is 5. The van der Waals surface area contributed by atoms with Crippen LogP contribution in [0.3, 0.4) is 0 Å². The number of aromatic nitrogens is 4. The number of hydrogen-bond donors (Lipinski definition) is 1. The fourth-order valence-electron chi connectivity index (χ4n) is 4.36. The van der Waals surface area contributed by atoms with Gasteiger partial charge in [-0.3, -0.25) is 0 Å². The normalized spacial score (nSPS) is 15.2. The van der Waals surface area contributed by atoms with E-state index < -0.39 is 0 Å². The number of benzene rings is 1. The smallest absolute Gasteiger partial charge is 0.126 e. The Morgan fingerprint density at radius 1 is 1.21 bits per heavy atom. The molecule has 0 amide bonds. The van der Waals surface area contributed by atoms with Gasteiger partial charge in [0, 0.05) is 24.5 Å². The molecule has 0 bridgehead atoms. The Morgan fingerprint density at radius 2 is 2.00 bits per heavy atom. The van der Waals surface area contributed by atoms with Crippen molar-refractivity contribution >= 4 is 22.8 Å². The molecule has 1 N–H and O–H groups in total. The van der Waals surface area contributed by atoms with Gasteiger partial charge in [-0.2, -0.15) is 0 Å². The summed E-state index contributed by atoms with van der Waals surface area (Å²) < 4.78 is 1.84. The first kappa shape index (κ1) is 19.6. The molecule has 6 nitrogen and oxygen atoms in total. The van der Waals surface area contributed by atoms with Gasteiger partial charge in [0.2, 0.25) is 0 Å². The zero-order valence-electron chi connectivity index (χ0n) is 17.6. The molecule has 0 unspecified atom stereocenters. The molecule has 6 heteroatoms. The van der Waals surface area contributed by atoms with E-state index >= 15 is 0 Å². The fraction of sp³-hybridized carbons (Fsp3) is 0.435. The van der Waals surface area contributed by atoms with Crippen molar-refractivity contribution in [2.45, 2.75) is 44.6 Å². The van der Waals surface area contributed by atoms with E-state index in [1.165, 1.54) is 43.1 Å². The van der Waals surface area contributed by atoms with Crippen LogP contribution in [0.1, 0.15) is 54.8 Å². The van der Waals surface area contributed by atoms with Crippen LogP contribution in [-0.4, -0.2) is 46.0 Å². The summed E-state index contributed by atoms with van der Waals surface area (Å²) in [6, 6.07) is 6.57. The SMILES string of the molecule is C=Cc1cc2c(C3CCCCC3)cc(NC)nc2cc1-n1cc(CN(C)C)nn1. The Hall–Kier alpha value is -2.73. The van der Waals surface area contributed by atoms with Gasteiger partial charge in [0.1, 0.15) is 5.82 Å². The van der Waals surface area contributed by atoms with Crippen molar-refractivity contribution in [1.82, 2.24) is 24.9 Å². The third-order valence-electron chi connectivity index (χ3n) is 5.78. The minimum atomic E-state index is 0.600. The molecule has 0 aliphatic heterocycles. The average molecular weight is 391 g/mol. The standard InChI is InChI=1S/C23H30N6/c1-5-16-11-20-19(17-9-7-6-8-10-17)12-23(24-2)25-21(20)13-22(16)29-15-18(26-27-29)14-28(3)4/h5,11-13,15,17H,1,6-10,14H2,2-4H3,(H,24,25). The van der Waals surface area contributed by atoms with Crippen LogP contribution in [0.25, 0.3) is 22.7 Å². The van der Waals surface area contributed by atoms with E-state index in [0.29, 0.717) is 5.92 Å². The topological polar surface area (TPSA) is 58.9 Å². The molecular formula is C23H30N6. The van der Waals surface area contributed by atoms with Crippen molar-refractivity contribution in [2.24, 2.45) is 0 Å². The minimum absolute atomic E-state index is 0.600. The summed E-state index contributed by atoms with van der Waals surface area (Å²) in [6.45, 7) is 4.81. The van der Waals surface area contributed by atoms with Crippen LogP contribution < -0.4 is 5.32 Å². The Bertz CT molecular complexity index is 1010. The van der Waals surface area contributed by atoms with Crippen LogP contribution >= 0.6 is 0 Å². The third kappa shape index (κ3) is 4.03. The molecule has 29 heavy (non-hydrogen) atoms. The predicted octanol–water partition coefficient (Wildman–Crippen LogP) is 4.61. The largest absolute Gasteiger partial charge is 0.373 e. The van der Waals surface area contributed by atoms with Crippen LogP contribution in [0.5, 0.6) is 0 Å².